The summed E-state index contributed by atoms with van der Waals surface area (Å²) < 4.78 is 5.26. The standard InChI is InChI=1S/C15H20O4/c1-9-4-3-5-11(8-16)7-13-14(12(17)6-9)10(2)15(18)19-13/h6,8,11-14,17H,2-5,7H2,1H3. The van der Waals surface area contributed by atoms with E-state index in [4.69, 9.17) is 4.74 Å². The minimum atomic E-state index is -0.769. The van der Waals surface area contributed by atoms with E-state index in [9.17, 15) is 14.7 Å². The van der Waals surface area contributed by atoms with Crippen LogP contribution in [-0.2, 0) is 14.3 Å². The van der Waals surface area contributed by atoms with Crippen molar-refractivity contribution in [2.45, 2.75) is 44.8 Å². The first-order valence-electron chi connectivity index (χ1n) is 6.73. The summed E-state index contributed by atoms with van der Waals surface area (Å²) in [4.78, 5) is 22.7. The lowest BCUT2D eigenvalue weighted by atomic mass is 9.83. The number of ether oxygens (including phenoxy) is 1. The topological polar surface area (TPSA) is 63.6 Å². The molecule has 0 radical (unpaired) electrons. The Balaban J connectivity index is 2.29. The number of hydrogen-bond acceptors (Lipinski definition) is 4. The summed E-state index contributed by atoms with van der Waals surface area (Å²) in [6, 6.07) is 0. The molecule has 1 aliphatic heterocycles. The zero-order chi connectivity index (χ0) is 14.0. The molecule has 0 bridgehead atoms. The van der Waals surface area contributed by atoms with Gasteiger partial charge in [0.15, 0.2) is 0 Å². The first-order valence-corrected chi connectivity index (χ1v) is 6.73. The number of esters is 1. The molecule has 1 fully saturated rings. The van der Waals surface area contributed by atoms with Crippen LogP contribution in [0.1, 0.15) is 32.6 Å². The van der Waals surface area contributed by atoms with E-state index in [1.54, 1.807) is 6.08 Å². The third kappa shape index (κ3) is 2.95. The normalized spacial score (nSPS) is 36.2. The zero-order valence-corrected chi connectivity index (χ0v) is 11.2. The molecule has 4 heteroatoms. The summed E-state index contributed by atoms with van der Waals surface area (Å²) in [5.74, 6) is -1.00. The van der Waals surface area contributed by atoms with Gasteiger partial charge >= 0.3 is 5.97 Å². The van der Waals surface area contributed by atoms with Crippen molar-refractivity contribution in [3.05, 3.63) is 23.8 Å². The molecule has 1 aliphatic carbocycles. The van der Waals surface area contributed by atoms with Crippen molar-refractivity contribution in [1.82, 2.24) is 0 Å². The maximum Gasteiger partial charge on any atom is 0.334 e. The van der Waals surface area contributed by atoms with Crippen molar-refractivity contribution in [3.63, 3.8) is 0 Å². The molecule has 0 spiro atoms. The van der Waals surface area contributed by atoms with Crippen molar-refractivity contribution in [2.75, 3.05) is 0 Å². The predicted molar refractivity (Wildman–Crippen MR) is 70.3 cm³/mol. The highest BCUT2D eigenvalue weighted by Gasteiger charge is 2.43. The van der Waals surface area contributed by atoms with E-state index in [1.807, 2.05) is 6.92 Å². The number of fused-ring (bicyclic) bond motifs is 1. The molecule has 0 amide bonds. The number of carbonyl (C=O) groups is 2. The smallest absolute Gasteiger partial charge is 0.334 e. The van der Waals surface area contributed by atoms with Crippen molar-refractivity contribution in [1.29, 1.82) is 0 Å². The molecule has 0 saturated carbocycles. The van der Waals surface area contributed by atoms with Crippen molar-refractivity contribution >= 4 is 12.3 Å². The zero-order valence-electron chi connectivity index (χ0n) is 11.2. The molecule has 2 rings (SSSR count). The fourth-order valence-corrected chi connectivity index (χ4v) is 2.93. The number of carbonyl (C=O) groups excluding carboxylic acids is 2. The maximum atomic E-state index is 11.6. The second-order valence-electron chi connectivity index (χ2n) is 5.52. The molecule has 4 unspecified atom stereocenters. The quantitative estimate of drug-likeness (QED) is 0.339. The highest BCUT2D eigenvalue weighted by atomic mass is 16.6. The minimum Gasteiger partial charge on any atom is -0.458 e. The summed E-state index contributed by atoms with van der Waals surface area (Å²) in [6.45, 7) is 5.67. The third-order valence-electron chi connectivity index (χ3n) is 4.02. The average molecular weight is 264 g/mol. The second-order valence-corrected chi connectivity index (χ2v) is 5.52. The molecule has 1 N–H and O–H groups in total. The van der Waals surface area contributed by atoms with Crippen LogP contribution in [0.25, 0.3) is 0 Å². The van der Waals surface area contributed by atoms with Gasteiger partial charge in [-0.05, 0) is 32.6 Å². The molecular weight excluding hydrogens is 244 g/mol. The van der Waals surface area contributed by atoms with E-state index in [0.29, 0.717) is 12.0 Å². The Morgan fingerprint density at radius 2 is 2.26 bits per heavy atom. The van der Waals surface area contributed by atoms with E-state index in [1.165, 1.54) is 0 Å². The molecule has 2 aliphatic rings. The number of aliphatic hydroxyl groups is 1. The van der Waals surface area contributed by atoms with Gasteiger partial charge in [0.2, 0.25) is 0 Å². The van der Waals surface area contributed by atoms with Crippen molar-refractivity contribution in [2.24, 2.45) is 11.8 Å². The van der Waals surface area contributed by atoms with Gasteiger partial charge in [0.1, 0.15) is 12.4 Å². The number of allylic oxidation sites excluding steroid dienone is 1. The fourth-order valence-electron chi connectivity index (χ4n) is 2.93. The summed E-state index contributed by atoms with van der Waals surface area (Å²) in [5, 5.41) is 10.3. The summed E-state index contributed by atoms with van der Waals surface area (Å²) in [5.41, 5.74) is 1.39. The molecule has 19 heavy (non-hydrogen) atoms. The van der Waals surface area contributed by atoms with Crippen LogP contribution < -0.4 is 0 Å². The monoisotopic (exact) mass is 264 g/mol. The van der Waals surface area contributed by atoms with Crippen LogP contribution in [0.15, 0.2) is 23.8 Å². The maximum absolute atomic E-state index is 11.6. The number of aliphatic hydroxyl groups excluding tert-OH is 1. The summed E-state index contributed by atoms with van der Waals surface area (Å²) in [6.07, 6.45) is 4.54. The summed E-state index contributed by atoms with van der Waals surface area (Å²) in [7, 11) is 0. The third-order valence-corrected chi connectivity index (χ3v) is 4.02. The first kappa shape index (κ1) is 14.0. The van der Waals surface area contributed by atoms with Crippen LogP contribution in [-0.4, -0.2) is 29.6 Å². The van der Waals surface area contributed by atoms with Crippen LogP contribution in [0, 0.1) is 11.8 Å². The lowest BCUT2D eigenvalue weighted by molar-refractivity contribution is -0.140. The Kier molecular flexibility index (Phi) is 4.20. The van der Waals surface area contributed by atoms with Gasteiger partial charge in [-0.15, -0.1) is 0 Å². The van der Waals surface area contributed by atoms with Crippen molar-refractivity contribution < 1.29 is 19.4 Å². The van der Waals surface area contributed by atoms with Gasteiger partial charge in [0.25, 0.3) is 0 Å². The van der Waals surface area contributed by atoms with E-state index in [-0.39, 0.29) is 5.92 Å². The Labute approximate surface area is 113 Å². The summed E-state index contributed by atoms with van der Waals surface area (Å²) >= 11 is 0. The molecule has 4 nitrogen and oxygen atoms in total. The highest BCUT2D eigenvalue weighted by molar-refractivity contribution is 5.91. The van der Waals surface area contributed by atoms with Crippen LogP contribution >= 0.6 is 0 Å². The Morgan fingerprint density at radius 3 is 2.95 bits per heavy atom. The molecule has 104 valence electrons. The van der Waals surface area contributed by atoms with Gasteiger partial charge in [-0.3, -0.25) is 0 Å². The van der Waals surface area contributed by atoms with E-state index < -0.39 is 24.1 Å². The van der Waals surface area contributed by atoms with E-state index in [2.05, 4.69) is 6.58 Å². The number of aldehydes is 1. The fraction of sp³-hybridized carbons (Fsp3) is 0.600. The lowest BCUT2D eigenvalue weighted by Crippen LogP contribution is -2.30. The molecule has 0 aromatic carbocycles. The van der Waals surface area contributed by atoms with Gasteiger partial charge in [0, 0.05) is 11.5 Å². The Hall–Kier alpha value is -1.42. The number of rotatable bonds is 1. The molecule has 0 aromatic rings. The van der Waals surface area contributed by atoms with Gasteiger partial charge in [-0.2, -0.15) is 0 Å². The van der Waals surface area contributed by atoms with Gasteiger partial charge in [-0.25, -0.2) is 4.79 Å². The van der Waals surface area contributed by atoms with Crippen LogP contribution in [0.4, 0.5) is 0 Å². The van der Waals surface area contributed by atoms with Crippen LogP contribution in [0.2, 0.25) is 0 Å². The molecular formula is C15H20O4. The first-order chi connectivity index (χ1) is 9.02. The van der Waals surface area contributed by atoms with E-state index >= 15 is 0 Å². The highest BCUT2D eigenvalue weighted by Crippen LogP contribution is 2.35. The average Bonchev–Trinajstić information content (AvgIpc) is 2.63. The molecule has 1 saturated heterocycles. The van der Waals surface area contributed by atoms with Crippen LogP contribution in [0.5, 0.6) is 0 Å². The van der Waals surface area contributed by atoms with Gasteiger partial charge < -0.3 is 14.6 Å². The van der Waals surface area contributed by atoms with E-state index in [0.717, 1.165) is 31.1 Å². The molecule has 1 heterocycles. The Morgan fingerprint density at radius 1 is 1.53 bits per heavy atom. The Bertz CT molecular complexity index is 424. The van der Waals surface area contributed by atoms with Crippen LogP contribution in [0.3, 0.4) is 0 Å². The van der Waals surface area contributed by atoms with Gasteiger partial charge in [0.05, 0.1) is 12.0 Å². The molecule has 4 atom stereocenters. The predicted octanol–water partition coefficient (Wildman–Crippen LogP) is 1.78. The van der Waals surface area contributed by atoms with Crippen molar-refractivity contribution in [3.8, 4) is 0 Å². The minimum absolute atomic E-state index is 0.121. The second kappa shape index (κ2) is 5.70. The van der Waals surface area contributed by atoms with Gasteiger partial charge in [-0.1, -0.05) is 18.2 Å². The lowest BCUT2D eigenvalue weighted by Gasteiger charge is -2.25. The largest absolute Gasteiger partial charge is 0.458 e. The molecule has 0 aromatic heterocycles. The number of hydrogen-bond donors (Lipinski definition) is 1. The SMILES string of the molecule is C=C1C(=O)OC2CC(C=O)CCCC(C)=CC(O)C12.